The third-order valence-electron chi connectivity index (χ3n) is 4.07. The number of carbonyl (C=O) groups excluding carboxylic acids is 1. The average molecular weight is 275 g/mol. The number of benzene rings is 1. The number of anilines is 2. The van der Waals surface area contributed by atoms with Crippen molar-refractivity contribution in [1.82, 2.24) is 4.90 Å². The minimum Gasteiger partial charge on any atom is -0.397 e. The Morgan fingerprint density at radius 1 is 1.45 bits per heavy atom. The van der Waals surface area contributed by atoms with E-state index in [9.17, 15) is 4.79 Å². The van der Waals surface area contributed by atoms with Gasteiger partial charge in [0.2, 0.25) is 5.91 Å². The van der Waals surface area contributed by atoms with Crippen LogP contribution in [0.25, 0.3) is 0 Å². The standard InChI is InChI=1S/C16H25N3O/c1-2-13-6-5-10-19(12-13)11-9-16(20)18-15-8-4-3-7-14(15)17/h3-4,7-8,13H,2,5-6,9-12,17H2,1H3,(H,18,20). The summed E-state index contributed by atoms with van der Waals surface area (Å²) in [5.41, 5.74) is 7.15. The van der Waals surface area contributed by atoms with Crippen LogP contribution in [0.1, 0.15) is 32.6 Å². The number of hydrogen-bond acceptors (Lipinski definition) is 3. The lowest BCUT2D eigenvalue weighted by molar-refractivity contribution is -0.116. The van der Waals surface area contributed by atoms with E-state index in [1.165, 1.54) is 19.3 Å². The molecule has 110 valence electrons. The Bertz CT molecular complexity index is 447. The molecule has 0 aromatic heterocycles. The Morgan fingerprint density at radius 2 is 2.25 bits per heavy atom. The number of hydrogen-bond donors (Lipinski definition) is 2. The largest absolute Gasteiger partial charge is 0.397 e. The highest BCUT2D eigenvalue weighted by Crippen LogP contribution is 2.20. The molecule has 1 atom stereocenters. The van der Waals surface area contributed by atoms with E-state index in [1.807, 2.05) is 18.2 Å². The van der Waals surface area contributed by atoms with Crippen LogP contribution in [0.4, 0.5) is 11.4 Å². The number of amides is 1. The van der Waals surface area contributed by atoms with Crippen molar-refractivity contribution in [2.75, 3.05) is 30.7 Å². The van der Waals surface area contributed by atoms with Gasteiger partial charge in [0.15, 0.2) is 0 Å². The molecule has 1 aliphatic rings. The summed E-state index contributed by atoms with van der Waals surface area (Å²) < 4.78 is 0. The van der Waals surface area contributed by atoms with Crippen LogP contribution in [0, 0.1) is 5.92 Å². The molecule has 1 saturated heterocycles. The molecule has 1 unspecified atom stereocenters. The van der Waals surface area contributed by atoms with Gasteiger partial charge in [-0.25, -0.2) is 0 Å². The van der Waals surface area contributed by atoms with E-state index < -0.39 is 0 Å². The molecule has 1 fully saturated rings. The number of likely N-dealkylation sites (tertiary alicyclic amines) is 1. The van der Waals surface area contributed by atoms with Gasteiger partial charge in [0.05, 0.1) is 11.4 Å². The lowest BCUT2D eigenvalue weighted by atomic mass is 9.95. The Hall–Kier alpha value is -1.55. The van der Waals surface area contributed by atoms with Gasteiger partial charge in [0.25, 0.3) is 0 Å². The van der Waals surface area contributed by atoms with Crippen molar-refractivity contribution in [2.24, 2.45) is 5.92 Å². The van der Waals surface area contributed by atoms with Crippen molar-refractivity contribution in [3.8, 4) is 0 Å². The molecule has 3 N–H and O–H groups in total. The first-order valence-electron chi connectivity index (χ1n) is 7.55. The minimum atomic E-state index is 0.0431. The van der Waals surface area contributed by atoms with Gasteiger partial charge in [0.1, 0.15) is 0 Å². The molecule has 0 aliphatic carbocycles. The molecular weight excluding hydrogens is 250 g/mol. The molecule has 1 aromatic rings. The van der Waals surface area contributed by atoms with Crippen LogP contribution in [-0.4, -0.2) is 30.4 Å². The molecule has 1 aliphatic heterocycles. The number of para-hydroxylation sites is 2. The number of nitrogens with two attached hydrogens (primary N) is 1. The maximum absolute atomic E-state index is 12.0. The van der Waals surface area contributed by atoms with Crippen LogP contribution in [0.15, 0.2) is 24.3 Å². The zero-order valence-corrected chi connectivity index (χ0v) is 12.3. The van der Waals surface area contributed by atoms with Gasteiger partial charge in [-0.2, -0.15) is 0 Å². The predicted molar refractivity (Wildman–Crippen MR) is 83.6 cm³/mol. The van der Waals surface area contributed by atoms with Gasteiger partial charge < -0.3 is 16.0 Å². The van der Waals surface area contributed by atoms with E-state index in [0.29, 0.717) is 17.8 Å². The molecule has 1 heterocycles. The Morgan fingerprint density at radius 3 is 3.00 bits per heavy atom. The summed E-state index contributed by atoms with van der Waals surface area (Å²) in [7, 11) is 0. The topological polar surface area (TPSA) is 58.4 Å². The highest BCUT2D eigenvalue weighted by molar-refractivity contribution is 5.93. The molecule has 4 heteroatoms. The van der Waals surface area contributed by atoms with Crippen molar-refractivity contribution in [3.63, 3.8) is 0 Å². The summed E-state index contributed by atoms with van der Waals surface area (Å²) >= 11 is 0. The number of nitrogen functional groups attached to an aromatic ring is 1. The zero-order chi connectivity index (χ0) is 14.4. The first kappa shape index (κ1) is 14.9. The van der Waals surface area contributed by atoms with Crippen molar-refractivity contribution < 1.29 is 4.79 Å². The molecular formula is C16H25N3O. The monoisotopic (exact) mass is 275 g/mol. The number of carbonyl (C=O) groups is 1. The van der Waals surface area contributed by atoms with Crippen molar-refractivity contribution in [3.05, 3.63) is 24.3 Å². The number of nitrogens with zero attached hydrogens (tertiary/aromatic N) is 1. The summed E-state index contributed by atoms with van der Waals surface area (Å²) in [5, 5.41) is 2.88. The molecule has 0 radical (unpaired) electrons. The zero-order valence-electron chi connectivity index (χ0n) is 12.3. The molecule has 1 aromatic carbocycles. The maximum Gasteiger partial charge on any atom is 0.225 e. The fourth-order valence-electron chi connectivity index (χ4n) is 2.77. The fraction of sp³-hybridized carbons (Fsp3) is 0.562. The molecule has 4 nitrogen and oxygen atoms in total. The van der Waals surface area contributed by atoms with Crippen LogP contribution in [0.2, 0.25) is 0 Å². The third-order valence-corrected chi connectivity index (χ3v) is 4.07. The molecule has 0 spiro atoms. The van der Waals surface area contributed by atoms with E-state index in [-0.39, 0.29) is 5.91 Å². The van der Waals surface area contributed by atoms with E-state index in [4.69, 9.17) is 5.73 Å². The summed E-state index contributed by atoms with van der Waals surface area (Å²) in [4.78, 5) is 14.4. The van der Waals surface area contributed by atoms with Gasteiger partial charge >= 0.3 is 0 Å². The fourth-order valence-corrected chi connectivity index (χ4v) is 2.77. The second kappa shape index (κ2) is 7.29. The summed E-state index contributed by atoms with van der Waals surface area (Å²) in [6.07, 6.45) is 4.36. The van der Waals surface area contributed by atoms with Gasteiger partial charge in [-0.05, 0) is 37.4 Å². The smallest absolute Gasteiger partial charge is 0.225 e. The van der Waals surface area contributed by atoms with Crippen molar-refractivity contribution in [1.29, 1.82) is 0 Å². The van der Waals surface area contributed by atoms with Gasteiger partial charge in [0, 0.05) is 19.5 Å². The average Bonchev–Trinajstić information content (AvgIpc) is 2.48. The van der Waals surface area contributed by atoms with E-state index in [0.717, 1.165) is 25.6 Å². The highest BCUT2D eigenvalue weighted by atomic mass is 16.1. The minimum absolute atomic E-state index is 0.0431. The first-order valence-corrected chi connectivity index (χ1v) is 7.55. The summed E-state index contributed by atoms with van der Waals surface area (Å²) in [5.74, 6) is 0.845. The SMILES string of the molecule is CCC1CCCN(CCC(=O)Nc2ccccc2N)C1. The molecule has 0 saturated carbocycles. The normalized spacial score (nSPS) is 19.8. The summed E-state index contributed by atoms with van der Waals surface area (Å²) in [6.45, 7) is 5.35. The second-order valence-corrected chi connectivity index (χ2v) is 5.60. The Kier molecular flexibility index (Phi) is 5.41. The van der Waals surface area contributed by atoms with Gasteiger partial charge in [-0.15, -0.1) is 0 Å². The van der Waals surface area contributed by atoms with Crippen molar-refractivity contribution >= 4 is 17.3 Å². The Balaban J connectivity index is 1.76. The van der Waals surface area contributed by atoms with Crippen LogP contribution < -0.4 is 11.1 Å². The number of nitrogens with one attached hydrogen (secondary N) is 1. The van der Waals surface area contributed by atoms with E-state index in [2.05, 4.69) is 17.1 Å². The highest BCUT2D eigenvalue weighted by Gasteiger charge is 2.18. The first-order chi connectivity index (χ1) is 9.69. The van der Waals surface area contributed by atoms with Gasteiger partial charge in [-0.3, -0.25) is 4.79 Å². The maximum atomic E-state index is 12.0. The Labute approximate surface area is 121 Å². The van der Waals surface area contributed by atoms with Gasteiger partial charge in [-0.1, -0.05) is 25.5 Å². The van der Waals surface area contributed by atoms with E-state index >= 15 is 0 Å². The number of rotatable bonds is 5. The van der Waals surface area contributed by atoms with Crippen LogP contribution in [0.3, 0.4) is 0 Å². The summed E-state index contributed by atoms with van der Waals surface area (Å²) in [6, 6.07) is 7.37. The molecule has 2 rings (SSSR count). The second-order valence-electron chi connectivity index (χ2n) is 5.60. The lowest BCUT2D eigenvalue weighted by Crippen LogP contribution is -2.37. The van der Waals surface area contributed by atoms with Crippen LogP contribution in [-0.2, 0) is 4.79 Å². The van der Waals surface area contributed by atoms with Crippen LogP contribution >= 0.6 is 0 Å². The lowest BCUT2D eigenvalue weighted by Gasteiger charge is -2.32. The van der Waals surface area contributed by atoms with Crippen LogP contribution in [0.5, 0.6) is 0 Å². The third kappa shape index (κ3) is 4.23. The number of piperidine rings is 1. The van der Waals surface area contributed by atoms with E-state index in [1.54, 1.807) is 6.07 Å². The molecule has 20 heavy (non-hydrogen) atoms. The predicted octanol–water partition coefficient (Wildman–Crippen LogP) is 2.72. The molecule has 1 amide bonds. The quantitative estimate of drug-likeness (QED) is 0.812. The van der Waals surface area contributed by atoms with Crippen molar-refractivity contribution in [2.45, 2.75) is 32.6 Å². The molecule has 0 bridgehead atoms.